The Hall–Kier alpha value is -1.53. The molecule has 1 aliphatic heterocycles. The smallest absolute Gasteiger partial charge is 0.257 e. The van der Waals surface area contributed by atoms with E-state index in [-0.39, 0.29) is 23.7 Å². The summed E-state index contributed by atoms with van der Waals surface area (Å²) in [4.78, 5) is 3.72. The van der Waals surface area contributed by atoms with Crippen molar-refractivity contribution in [1.29, 1.82) is 0 Å². The molecule has 18 heavy (non-hydrogen) atoms. The molecule has 0 amide bonds. The maximum atomic E-state index is 12.7. The summed E-state index contributed by atoms with van der Waals surface area (Å²) in [6.45, 7) is 1.48. The number of alkyl halides is 6. The van der Waals surface area contributed by atoms with Crippen LogP contribution in [0.4, 0.5) is 32.0 Å². The molecular formula is C11H7F6N. The van der Waals surface area contributed by atoms with Crippen molar-refractivity contribution in [2.45, 2.75) is 25.7 Å². The molecule has 2 rings (SSSR count). The van der Waals surface area contributed by atoms with Crippen molar-refractivity contribution in [2.24, 2.45) is 4.99 Å². The molecule has 1 heterocycles. The molecule has 0 fully saturated rings. The Morgan fingerprint density at radius 1 is 1.00 bits per heavy atom. The molecule has 1 aliphatic rings. The van der Waals surface area contributed by atoms with Crippen LogP contribution in [0, 0.1) is 0 Å². The maximum Gasteiger partial charge on any atom is 0.416 e. The van der Waals surface area contributed by atoms with Crippen LogP contribution in [0.5, 0.6) is 0 Å². The Labute approximate surface area is 98.1 Å². The van der Waals surface area contributed by atoms with Gasteiger partial charge in [0.2, 0.25) is 0 Å². The van der Waals surface area contributed by atoms with E-state index < -0.39 is 23.5 Å². The zero-order valence-corrected chi connectivity index (χ0v) is 9.08. The average molecular weight is 267 g/mol. The maximum absolute atomic E-state index is 12.7. The number of nitrogens with zero attached hydrogens (tertiary/aromatic N) is 1. The molecule has 0 aliphatic carbocycles. The van der Waals surface area contributed by atoms with Gasteiger partial charge in [-0.05, 0) is 24.6 Å². The van der Waals surface area contributed by atoms with E-state index in [1.54, 1.807) is 0 Å². The first-order chi connectivity index (χ1) is 8.09. The number of hydrogen-bond donors (Lipinski definition) is 0. The summed E-state index contributed by atoms with van der Waals surface area (Å²) in [5.74, 6) is 0. The van der Waals surface area contributed by atoms with Gasteiger partial charge in [0.1, 0.15) is 0 Å². The largest absolute Gasteiger partial charge is 0.416 e. The van der Waals surface area contributed by atoms with Crippen molar-refractivity contribution in [1.82, 2.24) is 0 Å². The third kappa shape index (κ3) is 2.21. The van der Waals surface area contributed by atoms with Gasteiger partial charge in [-0.2, -0.15) is 26.3 Å². The van der Waals surface area contributed by atoms with E-state index in [0.717, 1.165) is 0 Å². The van der Waals surface area contributed by atoms with E-state index in [0.29, 0.717) is 11.8 Å². The first kappa shape index (κ1) is 12.9. The average Bonchev–Trinajstić information content (AvgIpc) is 2.52. The number of aliphatic imine (C=N–C) groups is 1. The topological polar surface area (TPSA) is 12.4 Å². The lowest BCUT2D eigenvalue weighted by Gasteiger charge is -2.15. The third-order valence-electron chi connectivity index (χ3n) is 2.60. The molecule has 1 nitrogen and oxygen atoms in total. The van der Waals surface area contributed by atoms with Crippen LogP contribution in [0.2, 0.25) is 0 Å². The molecule has 0 saturated carbocycles. The minimum absolute atomic E-state index is 0.0671. The van der Waals surface area contributed by atoms with Crippen LogP contribution in [0.25, 0.3) is 0 Å². The third-order valence-corrected chi connectivity index (χ3v) is 2.60. The summed E-state index contributed by atoms with van der Waals surface area (Å²) in [5, 5.41) is 0. The minimum Gasteiger partial charge on any atom is -0.257 e. The summed E-state index contributed by atoms with van der Waals surface area (Å²) in [6.07, 6.45) is -9.70. The van der Waals surface area contributed by atoms with Gasteiger partial charge in [-0.1, -0.05) is 0 Å². The molecule has 0 atom stereocenters. The summed E-state index contributed by atoms with van der Waals surface area (Å²) >= 11 is 0. The van der Waals surface area contributed by atoms with Gasteiger partial charge < -0.3 is 0 Å². The van der Waals surface area contributed by atoms with E-state index in [9.17, 15) is 26.3 Å². The summed E-state index contributed by atoms with van der Waals surface area (Å²) in [6, 6.07) is 0.800. The van der Waals surface area contributed by atoms with Crippen LogP contribution in [-0.2, 0) is 18.8 Å². The first-order valence-electron chi connectivity index (χ1n) is 4.94. The number of fused-ring (bicyclic) bond motifs is 1. The van der Waals surface area contributed by atoms with Gasteiger partial charge in [0.25, 0.3) is 0 Å². The van der Waals surface area contributed by atoms with Crippen LogP contribution in [-0.4, -0.2) is 5.71 Å². The van der Waals surface area contributed by atoms with Crippen molar-refractivity contribution in [3.05, 3.63) is 28.8 Å². The predicted molar refractivity (Wildman–Crippen MR) is 52.9 cm³/mol. The van der Waals surface area contributed by atoms with Crippen molar-refractivity contribution in [2.75, 3.05) is 0 Å². The summed E-state index contributed by atoms with van der Waals surface area (Å²) < 4.78 is 75.7. The van der Waals surface area contributed by atoms with Crippen LogP contribution in [0.15, 0.2) is 17.1 Å². The molecule has 0 bridgehead atoms. The van der Waals surface area contributed by atoms with Crippen LogP contribution in [0.1, 0.15) is 23.6 Å². The highest BCUT2D eigenvalue weighted by molar-refractivity contribution is 5.92. The van der Waals surface area contributed by atoms with Gasteiger partial charge in [-0.3, -0.25) is 4.99 Å². The Morgan fingerprint density at radius 3 is 2.11 bits per heavy atom. The van der Waals surface area contributed by atoms with Crippen LogP contribution < -0.4 is 0 Å². The lowest BCUT2D eigenvalue weighted by Crippen LogP contribution is -2.13. The van der Waals surface area contributed by atoms with Crippen molar-refractivity contribution in [3.8, 4) is 0 Å². The quantitative estimate of drug-likeness (QED) is 0.619. The van der Waals surface area contributed by atoms with Gasteiger partial charge in [-0.25, -0.2) is 0 Å². The standard InChI is InChI=1S/C11H7F6N/c1-5-2-7-8(11(15,16)17)3-6(10(12,13)14)4-9(7)18-5/h3-4H,2H2,1H3. The second-order valence-electron chi connectivity index (χ2n) is 4.04. The highest BCUT2D eigenvalue weighted by Crippen LogP contribution is 2.43. The molecule has 0 N–H and O–H groups in total. The Bertz CT molecular complexity index is 524. The van der Waals surface area contributed by atoms with Crippen molar-refractivity contribution >= 4 is 11.4 Å². The lowest BCUT2D eigenvalue weighted by molar-refractivity contribution is -0.143. The van der Waals surface area contributed by atoms with Crippen molar-refractivity contribution < 1.29 is 26.3 Å². The summed E-state index contributed by atoms with van der Waals surface area (Å²) in [5.41, 5.74) is -2.64. The van der Waals surface area contributed by atoms with E-state index in [1.165, 1.54) is 6.92 Å². The molecular weight excluding hydrogens is 260 g/mol. The molecule has 1 aromatic carbocycles. The van der Waals surface area contributed by atoms with E-state index in [2.05, 4.69) is 4.99 Å². The zero-order chi connectivity index (χ0) is 13.7. The monoisotopic (exact) mass is 267 g/mol. The van der Waals surface area contributed by atoms with E-state index in [1.807, 2.05) is 0 Å². The second-order valence-corrected chi connectivity index (χ2v) is 4.04. The highest BCUT2D eigenvalue weighted by Gasteiger charge is 2.40. The minimum atomic E-state index is -4.82. The first-order valence-corrected chi connectivity index (χ1v) is 4.94. The summed E-state index contributed by atoms with van der Waals surface area (Å²) in [7, 11) is 0. The van der Waals surface area contributed by atoms with Crippen molar-refractivity contribution in [3.63, 3.8) is 0 Å². The fourth-order valence-corrected chi connectivity index (χ4v) is 1.86. The molecule has 0 spiro atoms. The second kappa shape index (κ2) is 3.73. The van der Waals surface area contributed by atoms with Gasteiger partial charge in [0.05, 0.1) is 16.8 Å². The normalized spacial score (nSPS) is 15.6. The fraction of sp³-hybridized carbons (Fsp3) is 0.364. The number of rotatable bonds is 0. The fourth-order valence-electron chi connectivity index (χ4n) is 1.86. The SMILES string of the molecule is CC1=Nc2cc(C(F)(F)F)cc(C(F)(F)F)c2C1. The lowest BCUT2D eigenvalue weighted by atomic mass is 9.99. The van der Waals surface area contributed by atoms with Gasteiger partial charge in [0.15, 0.2) is 0 Å². The molecule has 0 aromatic heterocycles. The van der Waals surface area contributed by atoms with Gasteiger partial charge in [-0.15, -0.1) is 0 Å². The van der Waals surface area contributed by atoms with Gasteiger partial charge in [0, 0.05) is 12.1 Å². The van der Waals surface area contributed by atoms with Gasteiger partial charge >= 0.3 is 12.4 Å². The van der Waals surface area contributed by atoms with Crippen LogP contribution >= 0.6 is 0 Å². The Balaban J connectivity index is 2.67. The number of halogens is 6. The molecule has 98 valence electrons. The predicted octanol–water partition coefficient (Wildman–Crippen LogP) is 4.37. The molecule has 0 radical (unpaired) electrons. The molecule has 1 aromatic rings. The Morgan fingerprint density at radius 2 is 1.61 bits per heavy atom. The Kier molecular flexibility index (Phi) is 2.68. The highest BCUT2D eigenvalue weighted by atomic mass is 19.4. The molecule has 0 saturated heterocycles. The van der Waals surface area contributed by atoms with E-state index in [4.69, 9.17) is 0 Å². The molecule has 7 heteroatoms. The van der Waals surface area contributed by atoms with Crippen LogP contribution in [0.3, 0.4) is 0 Å². The number of benzene rings is 1. The number of hydrogen-bond acceptors (Lipinski definition) is 1. The zero-order valence-electron chi connectivity index (χ0n) is 9.08. The molecule has 0 unspecified atom stereocenters. The van der Waals surface area contributed by atoms with E-state index >= 15 is 0 Å².